The Morgan fingerprint density at radius 1 is 1.52 bits per heavy atom. The third-order valence-corrected chi connectivity index (χ3v) is 4.29. The Labute approximate surface area is 126 Å². The summed E-state index contributed by atoms with van der Waals surface area (Å²) in [7, 11) is 3.40. The SMILES string of the molecule is CCN1CCCC1CN(C)c1cccc(C(=O)OC)c1N. The van der Waals surface area contributed by atoms with Gasteiger partial charge in [-0.1, -0.05) is 13.0 Å². The Hall–Kier alpha value is -1.75. The number of ether oxygens (including phenoxy) is 1. The van der Waals surface area contributed by atoms with Gasteiger partial charge in [-0.25, -0.2) is 4.79 Å². The average Bonchev–Trinajstić information content (AvgIpc) is 2.93. The van der Waals surface area contributed by atoms with Crippen LogP contribution in [-0.4, -0.2) is 50.7 Å². The summed E-state index contributed by atoms with van der Waals surface area (Å²) in [4.78, 5) is 16.4. The molecule has 0 radical (unpaired) electrons. The van der Waals surface area contributed by atoms with Crippen molar-refractivity contribution in [2.75, 3.05) is 44.4 Å². The Morgan fingerprint density at radius 2 is 2.29 bits per heavy atom. The number of methoxy groups -OCH3 is 1. The number of rotatable bonds is 5. The van der Waals surface area contributed by atoms with Gasteiger partial charge in [0.15, 0.2) is 0 Å². The molecule has 2 rings (SSSR count). The molecule has 1 unspecified atom stereocenters. The van der Waals surface area contributed by atoms with E-state index in [-0.39, 0.29) is 5.97 Å². The number of hydrogen-bond donors (Lipinski definition) is 1. The molecule has 1 atom stereocenters. The summed E-state index contributed by atoms with van der Waals surface area (Å²) in [5, 5.41) is 0. The zero-order chi connectivity index (χ0) is 15.4. The number of esters is 1. The van der Waals surface area contributed by atoms with Gasteiger partial charge in [0.1, 0.15) is 0 Å². The number of para-hydroxylation sites is 1. The third kappa shape index (κ3) is 3.29. The highest BCUT2D eigenvalue weighted by atomic mass is 16.5. The zero-order valence-corrected chi connectivity index (χ0v) is 13.1. The van der Waals surface area contributed by atoms with E-state index in [1.54, 1.807) is 6.07 Å². The summed E-state index contributed by atoms with van der Waals surface area (Å²) in [6.45, 7) is 5.37. The number of nitrogens with zero attached hydrogens (tertiary/aromatic N) is 2. The molecule has 2 N–H and O–H groups in total. The van der Waals surface area contributed by atoms with Crippen LogP contribution in [0.3, 0.4) is 0 Å². The molecule has 116 valence electrons. The fraction of sp³-hybridized carbons (Fsp3) is 0.562. The fourth-order valence-electron chi connectivity index (χ4n) is 3.11. The molecule has 1 aromatic carbocycles. The minimum atomic E-state index is -0.390. The number of hydrogen-bond acceptors (Lipinski definition) is 5. The van der Waals surface area contributed by atoms with Crippen molar-refractivity contribution in [3.63, 3.8) is 0 Å². The number of nitrogen functional groups attached to an aromatic ring is 1. The summed E-state index contributed by atoms with van der Waals surface area (Å²) < 4.78 is 4.77. The quantitative estimate of drug-likeness (QED) is 0.664. The molecular formula is C16H25N3O2. The van der Waals surface area contributed by atoms with Crippen molar-refractivity contribution in [3.8, 4) is 0 Å². The van der Waals surface area contributed by atoms with Crippen molar-refractivity contribution in [1.29, 1.82) is 0 Å². The second-order valence-corrected chi connectivity index (χ2v) is 5.54. The molecule has 21 heavy (non-hydrogen) atoms. The van der Waals surface area contributed by atoms with Crippen molar-refractivity contribution in [3.05, 3.63) is 23.8 Å². The maximum absolute atomic E-state index is 11.7. The lowest BCUT2D eigenvalue weighted by Gasteiger charge is -2.30. The lowest BCUT2D eigenvalue weighted by molar-refractivity contribution is 0.0602. The predicted octanol–water partition coefficient (Wildman–Crippen LogP) is 1.98. The van der Waals surface area contributed by atoms with Crippen LogP contribution in [0.4, 0.5) is 11.4 Å². The minimum Gasteiger partial charge on any atom is -0.465 e. The zero-order valence-electron chi connectivity index (χ0n) is 13.1. The van der Waals surface area contributed by atoms with Crippen LogP contribution in [0.25, 0.3) is 0 Å². The Morgan fingerprint density at radius 3 is 2.95 bits per heavy atom. The molecule has 1 aliphatic heterocycles. The van der Waals surface area contributed by atoms with Crippen LogP contribution >= 0.6 is 0 Å². The summed E-state index contributed by atoms with van der Waals surface area (Å²) in [5.41, 5.74) is 7.96. The van der Waals surface area contributed by atoms with Gasteiger partial charge < -0.3 is 15.4 Å². The minimum absolute atomic E-state index is 0.390. The maximum atomic E-state index is 11.7. The summed E-state index contributed by atoms with van der Waals surface area (Å²) in [6.07, 6.45) is 2.47. The molecule has 1 fully saturated rings. The van der Waals surface area contributed by atoms with E-state index in [0.717, 1.165) is 18.8 Å². The van der Waals surface area contributed by atoms with Gasteiger partial charge in [-0.2, -0.15) is 0 Å². The number of carbonyl (C=O) groups is 1. The van der Waals surface area contributed by atoms with Gasteiger partial charge in [-0.3, -0.25) is 4.90 Å². The standard InChI is InChI=1S/C16H25N3O2/c1-4-19-10-6-7-12(19)11-18(2)14-9-5-8-13(15(14)17)16(20)21-3/h5,8-9,12H,4,6-7,10-11,17H2,1-3H3. The normalized spacial score (nSPS) is 18.7. The molecule has 1 heterocycles. The van der Waals surface area contributed by atoms with E-state index in [1.165, 1.54) is 26.5 Å². The van der Waals surface area contributed by atoms with Crippen molar-refractivity contribution in [2.45, 2.75) is 25.8 Å². The van der Waals surface area contributed by atoms with Crippen LogP contribution in [-0.2, 0) is 4.74 Å². The molecular weight excluding hydrogens is 266 g/mol. The summed E-state index contributed by atoms with van der Waals surface area (Å²) in [6, 6.07) is 6.06. The highest BCUT2D eigenvalue weighted by Crippen LogP contribution is 2.28. The largest absolute Gasteiger partial charge is 0.465 e. The summed E-state index contributed by atoms with van der Waals surface area (Å²) in [5.74, 6) is -0.390. The number of likely N-dealkylation sites (N-methyl/N-ethyl adjacent to an activating group) is 2. The third-order valence-electron chi connectivity index (χ3n) is 4.29. The van der Waals surface area contributed by atoms with E-state index in [4.69, 9.17) is 10.5 Å². The van der Waals surface area contributed by atoms with E-state index >= 15 is 0 Å². The van der Waals surface area contributed by atoms with Crippen LogP contribution in [0.5, 0.6) is 0 Å². The van der Waals surface area contributed by atoms with Gasteiger partial charge in [0.2, 0.25) is 0 Å². The van der Waals surface area contributed by atoms with Gasteiger partial charge in [0, 0.05) is 19.6 Å². The first kappa shape index (κ1) is 15.6. The monoisotopic (exact) mass is 291 g/mol. The van der Waals surface area contributed by atoms with E-state index in [1.807, 2.05) is 19.2 Å². The molecule has 0 aliphatic carbocycles. The first-order valence-electron chi connectivity index (χ1n) is 7.50. The molecule has 0 spiro atoms. The molecule has 5 heteroatoms. The summed E-state index contributed by atoms with van der Waals surface area (Å²) >= 11 is 0. The van der Waals surface area contributed by atoms with Gasteiger partial charge in [0.05, 0.1) is 24.0 Å². The Balaban J connectivity index is 2.15. The molecule has 0 bridgehead atoms. The van der Waals surface area contributed by atoms with Crippen LogP contribution in [0.2, 0.25) is 0 Å². The molecule has 0 saturated carbocycles. The number of anilines is 2. The van der Waals surface area contributed by atoms with Crippen molar-refractivity contribution < 1.29 is 9.53 Å². The average molecular weight is 291 g/mol. The number of benzene rings is 1. The lowest BCUT2D eigenvalue weighted by atomic mass is 10.1. The molecule has 0 aromatic heterocycles. The second-order valence-electron chi connectivity index (χ2n) is 5.54. The van der Waals surface area contributed by atoms with Gasteiger partial charge in [0.25, 0.3) is 0 Å². The number of carbonyl (C=O) groups excluding carboxylic acids is 1. The number of nitrogens with two attached hydrogens (primary N) is 1. The number of likely N-dealkylation sites (tertiary alicyclic amines) is 1. The van der Waals surface area contributed by atoms with Crippen LogP contribution in [0.15, 0.2) is 18.2 Å². The smallest absolute Gasteiger partial charge is 0.340 e. The van der Waals surface area contributed by atoms with Crippen LogP contribution < -0.4 is 10.6 Å². The highest BCUT2D eigenvalue weighted by Gasteiger charge is 2.25. The predicted molar refractivity (Wildman–Crippen MR) is 85.7 cm³/mol. The Bertz CT molecular complexity index is 504. The maximum Gasteiger partial charge on any atom is 0.340 e. The first-order valence-corrected chi connectivity index (χ1v) is 7.50. The lowest BCUT2D eigenvalue weighted by Crippen LogP contribution is -2.39. The van der Waals surface area contributed by atoms with Gasteiger partial charge in [-0.05, 0) is 38.1 Å². The van der Waals surface area contributed by atoms with Gasteiger partial charge >= 0.3 is 5.97 Å². The van der Waals surface area contributed by atoms with Crippen LogP contribution in [0.1, 0.15) is 30.1 Å². The molecule has 0 amide bonds. The van der Waals surface area contributed by atoms with E-state index < -0.39 is 0 Å². The van der Waals surface area contributed by atoms with E-state index in [0.29, 0.717) is 17.3 Å². The van der Waals surface area contributed by atoms with Crippen molar-refractivity contribution in [1.82, 2.24) is 4.90 Å². The van der Waals surface area contributed by atoms with Crippen LogP contribution in [0, 0.1) is 0 Å². The highest BCUT2D eigenvalue weighted by molar-refractivity contribution is 5.98. The second kappa shape index (κ2) is 6.80. The topological polar surface area (TPSA) is 58.8 Å². The fourth-order valence-corrected chi connectivity index (χ4v) is 3.11. The molecule has 5 nitrogen and oxygen atoms in total. The molecule has 1 aromatic rings. The van der Waals surface area contributed by atoms with Crippen molar-refractivity contribution >= 4 is 17.3 Å². The Kier molecular flexibility index (Phi) is 5.07. The van der Waals surface area contributed by atoms with E-state index in [2.05, 4.69) is 16.7 Å². The van der Waals surface area contributed by atoms with E-state index in [9.17, 15) is 4.79 Å². The molecule has 1 aliphatic rings. The first-order chi connectivity index (χ1) is 10.1. The molecule has 1 saturated heterocycles. The van der Waals surface area contributed by atoms with Gasteiger partial charge in [-0.15, -0.1) is 0 Å². The van der Waals surface area contributed by atoms with Crippen molar-refractivity contribution in [2.24, 2.45) is 0 Å².